The molecule has 7 rings (SSSR count). The van der Waals surface area contributed by atoms with Crippen molar-refractivity contribution in [1.82, 2.24) is 4.90 Å². The number of hydrogen-bond donors (Lipinski definition) is 0. The van der Waals surface area contributed by atoms with E-state index in [4.69, 9.17) is 4.74 Å². The highest BCUT2D eigenvalue weighted by Gasteiger charge is 2.74. The summed E-state index contributed by atoms with van der Waals surface area (Å²) in [7, 11) is 3.90. The van der Waals surface area contributed by atoms with Crippen LogP contribution in [0.3, 0.4) is 0 Å². The zero-order valence-electron chi connectivity index (χ0n) is 15.0. The number of hydrogen-bond acceptors (Lipinski definition) is 4. The number of likely N-dealkylation sites (N-methyl/N-ethyl adjacent to an activating group) is 1. The standard InChI is InChI=1S/C21H24N2O2/c1-4-11-10-23-16-8-13(11)18-17(23)9-21(20(18)24)14-6-5-12(25-3)7-15(14)22(2)19(16)21/h4-7,13,16-19H,8-10H2,1-3H3/t13-,16-,17-,18+,19-,21+/m0/s1. The predicted octanol–water partition coefficient (Wildman–Crippen LogP) is 2.37. The zero-order chi connectivity index (χ0) is 17.1. The maximum atomic E-state index is 13.9. The van der Waals surface area contributed by atoms with Gasteiger partial charge < -0.3 is 9.64 Å². The van der Waals surface area contributed by atoms with Crippen molar-refractivity contribution in [3.8, 4) is 5.75 Å². The lowest BCUT2D eigenvalue weighted by Crippen LogP contribution is -2.68. The van der Waals surface area contributed by atoms with Crippen LogP contribution in [0.5, 0.6) is 5.75 Å². The molecule has 0 radical (unpaired) electrons. The summed E-state index contributed by atoms with van der Waals surface area (Å²) in [4.78, 5) is 18.9. The van der Waals surface area contributed by atoms with E-state index in [9.17, 15) is 4.79 Å². The van der Waals surface area contributed by atoms with Crippen molar-refractivity contribution in [3.05, 3.63) is 35.4 Å². The number of Topliss-reactive ketones (excluding diaryl/α,β-unsaturated/α-hetero) is 1. The Hall–Kier alpha value is -1.81. The second-order valence-electron chi connectivity index (χ2n) is 8.52. The van der Waals surface area contributed by atoms with Gasteiger partial charge in [0.2, 0.25) is 0 Å². The first-order chi connectivity index (χ1) is 12.1. The Bertz CT molecular complexity index is 846. The molecule has 25 heavy (non-hydrogen) atoms. The molecule has 1 saturated carbocycles. The van der Waals surface area contributed by atoms with Crippen LogP contribution < -0.4 is 9.64 Å². The topological polar surface area (TPSA) is 32.8 Å². The fourth-order valence-electron chi connectivity index (χ4n) is 7.20. The van der Waals surface area contributed by atoms with Gasteiger partial charge in [0.05, 0.1) is 18.6 Å². The Morgan fingerprint density at radius 2 is 2.16 bits per heavy atom. The van der Waals surface area contributed by atoms with Crippen molar-refractivity contribution in [2.75, 3.05) is 25.6 Å². The third kappa shape index (κ3) is 1.34. The van der Waals surface area contributed by atoms with E-state index in [1.165, 1.54) is 16.8 Å². The Morgan fingerprint density at radius 3 is 2.92 bits per heavy atom. The molecule has 1 aromatic rings. The summed E-state index contributed by atoms with van der Waals surface area (Å²) in [5.41, 5.74) is 3.67. The Labute approximate surface area is 148 Å². The summed E-state index contributed by atoms with van der Waals surface area (Å²) in [5.74, 6) is 2.10. The smallest absolute Gasteiger partial charge is 0.150 e. The second kappa shape index (κ2) is 4.29. The highest BCUT2D eigenvalue weighted by atomic mass is 16.5. The van der Waals surface area contributed by atoms with Crippen LogP contribution in [0, 0.1) is 11.8 Å². The molecule has 0 amide bonds. The van der Waals surface area contributed by atoms with Crippen LogP contribution in [0.1, 0.15) is 25.3 Å². The molecule has 1 spiro atoms. The summed E-state index contributed by atoms with van der Waals surface area (Å²) in [6, 6.07) is 7.57. The molecule has 5 aliphatic heterocycles. The molecule has 7 atom stereocenters. The lowest BCUT2D eigenvalue weighted by Gasteiger charge is -2.58. The second-order valence-corrected chi connectivity index (χ2v) is 8.52. The van der Waals surface area contributed by atoms with Gasteiger partial charge in [0.15, 0.2) is 5.78 Å². The Balaban J connectivity index is 1.59. The van der Waals surface area contributed by atoms with E-state index >= 15 is 0 Å². The quantitative estimate of drug-likeness (QED) is 0.737. The van der Waals surface area contributed by atoms with Crippen LogP contribution in [0.15, 0.2) is 29.8 Å². The number of nitrogens with zero attached hydrogens (tertiary/aromatic N) is 2. The van der Waals surface area contributed by atoms with E-state index in [1.807, 2.05) is 6.07 Å². The van der Waals surface area contributed by atoms with Crippen molar-refractivity contribution >= 4 is 11.5 Å². The van der Waals surface area contributed by atoms with Gasteiger partial charge in [0.1, 0.15) is 5.75 Å². The molecular formula is C21H24N2O2. The molecule has 0 aromatic heterocycles. The maximum Gasteiger partial charge on any atom is 0.150 e. The normalized spacial score (nSPS) is 46.8. The monoisotopic (exact) mass is 336 g/mol. The van der Waals surface area contributed by atoms with Gasteiger partial charge in [-0.2, -0.15) is 0 Å². The number of benzene rings is 1. The van der Waals surface area contributed by atoms with Crippen molar-refractivity contribution in [2.24, 2.45) is 11.8 Å². The Kier molecular flexibility index (Phi) is 2.47. The van der Waals surface area contributed by atoms with E-state index < -0.39 is 0 Å². The average molecular weight is 336 g/mol. The van der Waals surface area contributed by atoms with Crippen LogP contribution in [-0.2, 0) is 10.2 Å². The fourth-order valence-corrected chi connectivity index (χ4v) is 7.20. The van der Waals surface area contributed by atoms with Crippen LogP contribution in [0.4, 0.5) is 5.69 Å². The molecule has 4 saturated heterocycles. The maximum absolute atomic E-state index is 13.9. The molecule has 1 aliphatic carbocycles. The number of piperidine rings is 4. The van der Waals surface area contributed by atoms with Gasteiger partial charge >= 0.3 is 0 Å². The predicted molar refractivity (Wildman–Crippen MR) is 96.1 cm³/mol. The van der Waals surface area contributed by atoms with E-state index in [0.717, 1.165) is 25.1 Å². The van der Waals surface area contributed by atoms with E-state index in [0.29, 0.717) is 23.8 Å². The van der Waals surface area contributed by atoms with Crippen molar-refractivity contribution in [2.45, 2.75) is 43.3 Å². The van der Waals surface area contributed by atoms with Crippen LogP contribution in [0.2, 0.25) is 0 Å². The summed E-state index contributed by atoms with van der Waals surface area (Å²) < 4.78 is 5.46. The van der Waals surface area contributed by atoms with Gasteiger partial charge in [-0.05, 0) is 37.3 Å². The minimum Gasteiger partial charge on any atom is -0.497 e. The van der Waals surface area contributed by atoms with E-state index in [2.05, 4.69) is 42.0 Å². The lowest BCUT2D eigenvalue weighted by molar-refractivity contribution is -0.126. The molecule has 5 fully saturated rings. The Morgan fingerprint density at radius 1 is 1.32 bits per heavy atom. The SMILES string of the molecule is CC=C1CN2[C@H]3C[C@]45C(=O)[C@@H]3[C@H]1C[C@H]2[C@@H]4N(C)c1cc(OC)ccc15. The average Bonchev–Trinajstić information content (AvgIpc) is 3.03. The number of fused-ring (bicyclic) bond motifs is 2. The van der Waals surface area contributed by atoms with Gasteiger partial charge in [-0.15, -0.1) is 0 Å². The van der Waals surface area contributed by atoms with Crippen LogP contribution in [-0.4, -0.2) is 49.5 Å². The summed E-state index contributed by atoms with van der Waals surface area (Å²) in [6.45, 7) is 3.21. The number of ether oxygens (including phenoxy) is 1. The number of ketones is 1. The van der Waals surface area contributed by atoms with Crippen molar-refractivity contribution < 1.29 is 9.53 Å². The molecule has 0 N–H and O–H groups in total. The van der Waals surface area contributed by atoms with Gasteiger partial charge in [0.25, 0.3) is 0 Å². The van der Waals surface area contributed by atoms with Crippen molar-refractivity contribution in [3.63, 3.8) is 0 Å². The van der Waals surface area contributed by atoms with Gasteiger partial charge in [0, 0.05) is 43.3 Å². The molecular weight excluding hydrogens is 312 g/mol. The molecule has 5 heterocycles. The highest BCUT2D eigenvalue weighted by Crippen LogP contribution is 2.66. The first-order valence-corrected chi connectivity index (χ1v) is 9.48. The number of allylic oxidation sites excluding steroid dienone is 1. The fraction of sp³-hybridized carbons (Fsp3) is 0.571. The zero-order valence-corrected chi connectivity index (χ0v) is 15.0. The third-order valence-electron chi connectivity index (χ3n) is 8.03. The number of rotatable bonds is 1. The highest BCUT2D eigenvalue weighted by molar-refractivity contribution is 6.01. The summed E-state index contributed by atoms with van der Waals surface area (Å²) in [6.07, 6.45) is 4.43. The van der Waals surface area contributed by atoms with Crippen LogP contribution in [0.25, 0.3) is 0 Å². The molecule has 1 aromatic carbocycles. The minimum atomic E-state index is -0.287. The van der Waals surface area contributed by atoms with Gasteiger partial charge in [-0.25, -0.2) is 0 Å². The van der Waals surface area contributed by atoms with Gasteiger partial charge in [-0.3, -0.25) is 9.69 Å². The summed E-state index contributed by atoms with van der Waals surface area (Å²) in [5, 5.41) is 0. The van der Waals surface area contributed by atoms with E-state index in [1.54, 1.807) is 7.11 Å². The third-order valence-corrected chi connectivity index (χ3v) is 8.03. The molecule has 4 heteroatoms. The molecule has 130 valence electrons. The first kappa shape index (κ1) is 14.4. The number of carbonyl (C=O) groups excluding carboxylic acids is 1. The number of carbonyl (C=O) groups is 1. The largest absolute Gasteiger partial charge is 0.497 e. The van der Waals surface area contributed by atoms with E-state index in [-0.39, 0.29) is 17.4 Å². The minimum absolute atomic E-state index is 0.211. The number of methoxy groups -OCH3 is 1. The molecule has 6 aliphatic rings. The molecule has 5 bridgehead atoms. The molecule has 1 unspecified atom stereocenters. The van der Waals surface area contributed by atoms with Crippen molar-refractivity contribution in [1.29, 1.82) is 0 Å². The first-order valence-electron chi connectivity index (χ1n) is 9.48. The molecule has 4 nitrogen and oxygen atoms in total. The lowest BCUT2D eigenvalue weighted by atomic mass is 9.65. The number of anilines is 1. The summed E-state index contributed by atoms with van der Waals surface area (Å²) >= 11 is 0. The van der Waals surface area contributed by atoms with Gasteiger partial charge in [-0.1, -0.05) is 17.7 Å². The van der Waals surface area contributed by atoms with Crippen LogP contribution >= 0.6 is 0 Å².